The van der Waals surface area contributed by atoms with Crippen LogP contribution in [-0.2, 0) is 26.1 Å². The molecule has 0 bridgehead atoms. The summed E-state index contributed by atoms with van der Waals surface area (Å²) in [4.78, 5) is 24.9. The molecule has 0 amide bonds. The average molecular weight is 489 g/mol. The normalized spacial score (nSPS) is 13.4. The number of para-hydroxylation sites is 1. The lowest BCUT2D eigenvalue weighted by Gasteiger charge is -2.31. The van der Waals surface area contributed by atoms with Gasteiger partial charge in [-0.15, -0.1) is 0 Å². The summed E-state index contributed by atoms with van der Waals surface area (Å²) in [6, 6.07) is 24.3. The summed E-state index contributed by atoms with van der Waals surface area (Å²) >= 11 is 0. The lowest BCUT2D eigenvalue weighted by atomic mass is 9.98. The number of pyridine rings is 3. The maximum atomic E-state index is 13.8. The van der Waals surface area contributed by atoms with Crippen molar-refractivity contribution in [3.63, 3.8) is 0 Å². The van der Waals surface area contributed by atoms with Crippen molar-refractivity contribution in [1.29, 1.82) is 0 Å². The third-order valence-electron chi connectivity index (χ3n) is 7.17. The highest BCUT2D eigenvalue weighted by atomic mass is 16.5. The third kappa shape index (κ3) is 4.63. The molecule has 0 unspecified atom stereocenters. The van der Waals surface area contributed by atoms with E-state index < -0.39 is 0 Å². The van der Waals surface area contributed by atoms with Crippen molar-refractivity contribution in [3.8, 4) is 16.9 Å². The zero-order valence-corrected chi connectivity index (χ0v) is 20.8. The number of hydrogen-bond donors (Lipinski definition) is 0. The molecule has 1 aliphatic heterocycles. The number of methoxy groups -OCH3 is 1. The molecule has 0 atom stereocenters. The van der Waals surface area contributed by atoms with E-state index in [-0.39, 0.29) is 5.56 Å². The Morgan fingerprint density at radius 1 is 0.919 bits per heavy atom. The van der Waals surface area contributed by atoms with Crippen LogP contribution < -0.4 is 10.3 Å². The zero-order chi connectivity index (χ0) is 25.2. The van der Waals surface area contributed by atoms with Gasteiger partial charge in [-0.2, -0.15) is 0 Å². The van der Waals surface area contributed by atoms with Crippen LogP contribution in [0.25, 0.3) is 22.0 Å². The van der Waals surface area contributed by atoms with Crippen molar-refractivity contribution in [2.75, 3.05) is 13.7 Å². The summed E-state index contributed by atoms with van der Waals surface area (Å²) in [6.07, 6.45) is 6.19. The fraction of sp³-hybridized carbons (Fsp3) is 0.194. The number of aromatic nitrogens is 3. The van der Waals surface area contributed by atoms with E-state index in [0.717, 1.165) is 54.1 Å². The van der Waals surface area contributed by atoms with Crippen LogP contribution in [0.3, 0.4) is 0 Å². The van der Waals surface area contributed by atoms with Crippen molar-refractivity contribution in [3.05, 3.63) is 124 Å². The number of ether oxygens (including phenoxy) is 1. The Bertz CT molecular complexity index is 1610. The highest BCUT2D eigenvalue weighted by Gasteiger charge is 2.23. The average Bonchev–Trinajstić information content (AvgIpc) is 2.95. The van der Waals surface area contributed by atoms with Crippen LogP contribution in [0.4, 0.5) is 0 Å². The lowest BCUT2D eigenvalue weighted by Crippen LogP contribution is -2.36. The van der Waals surface area contributed by atoms with Gasteiger partial charge in [0.2, 0.25) is 0 Å². The maximum Gasteiger partial charge on any atom is 0.258 e. The number of nitrogens with zero attached hydrogens (tertiary/aromatic N) is 4. The SMILES string of the molecule is COc1ccc(Cn2c3c(cc(-c4ccncc4)c2=O)CN(Cc2ccnc4ccccc24)CC3)cc1. The monoisotopic (exact) mass is 488 g/mol. The van der Waals surface area contributed by atoms with E-state index in [1.807, 2.05) is 53.2 Å². The molecule has 4 heterocycles. The van der Waals surface area contributed by atoms with Crippen molar-refractivity contribution >= 4 is 10.9 Å². The Labute approximate surface area is 215 Å². The molecule has 0 N–H and O–H groups in total. The van der Waals surface area contributed by atoms with Crippen molar-refractivity contribution < 1.29 is 4.74 Å². The molecule has 5 aromatic rings. The molecule has 0 fully saturated rings. The first-order chi connectivity index (χ1) is 18.2. The highest BCUT2D eigenvalue weighted by Crippen LogP contribution is 2.27. The summed E-state index contributed by atoms with van der Waals surface area (Å²) in [6.45, 7) is 3.04. The molecule has 0 radical (unpaired) electrons. The van der Waals surface area contributed by atoms with E-state index in [4.69, 9.17) is 4.74 Å². The summed E-state index contributed by atoms with van der Waals surface area (Å²) in [5, 5.41) is 1.19. The molecule has 6 rings (SSSR count). The molecule has 2 aromatic carbocycles. The van der Waals surface area contributed by atoms with Gasteiger partial charge >= 0.3 is 0 Å². The summed E-state index contributed by atoms with van der Waals surface area (Å²) < 4.78 is 7.28. The first kappa shape index (κ1) is 23.1. The molecule has 184 valence electrons. The van der Waals surface area contributed by atoms with Crippen LogP contribution in [0.1, 0.15) is 22.4 Å². The van der Waals surface area contributed by atoms with E-state index in [1.165, 1.54) is 16.5 Å². The van der Waals surface area contributed by atoms with E-state index in [9.17, 15) is 4.79 Å². The van der Waals surface area contributed by atoms with Gasteiger partial charge in [0.15, 0.2) is 0 Å². The zero-order valence-electron chi connectivity index (χ0n) is 20.8. The molecular weight excluding hydrogens is 460 g/mol. The number of fused-ring (bicyclic) bond motifs is 2. The second-order valence-corrected chi connectivity index (χ2v) is 9.45. The van der Waals surface area contributed by atoms with Crippen LogP contribution in [-0.4, -0.2) is 33.1 Å². The van der Waals surface area contributed by atoms with Crippen molar-refractivity contribution in [2.45, 2.75) is 26.1 Å². The van der Waals surface area contributed by atoms with Gasteiger partial charge < -0.3 is 9.30 Å². The Hall–Kier alpha value is -4.29. The first-order valence-electron chi connectivity index (χ1n) is 12.5. The molecule has 6 nitrogen and oxygen atoms in total. The smallest absolute Gasteiger partial charge is 0.258 e. The van der Waals surface area contributed by atoms with Gasteiger partial charge in [0.05, 0.1) is 19.2 Å². The largest absolute Gasteiger partial charge is 0.497 e. The van der Waals surface area contributed by atoms with Crippen LogP contribution in [0, 0.1) is 0 Å². The Morgan fingerprint density at radius 3 is 2.54 bits per heavy atom. The Kier molecular flexibility index (Phi) is 6.25. The fourth-order valence-electron chi connectivity index (χ4n) is 5.26. The predicted molar refractivity (Wildman–Crippen MR) is 146 cm³/mol. The molecule has 0 aliphatic carbocycles. The van der Waals surface area contributed by atoms with E-state index >= 15 is 0 Å². The van der Waals surface area contributed by atoms with E-state index in [2.05, 4.69) is 45.2 Å². The Balaban J connectivity index is 1.38. The second-order valence-electron chi connectivity index (χ2n) is 9.45. The third-order valence-corrected chi connectivity index (χ3v) is 7.17. The van der Waals surface area contributed by atoms with Gasteiger partial charge in [-0.1, -0.05) is 30.3 Å². The standard InChI is InChI=1S/C31H28N4O2/c1-37-26-8-6-22(7-9-26)19-35-30-13-17-34(20-24-12-16-33-29-5-3-2-4-27(24)29)21-25(30)18-28(31(35)36)23-10-14-32-15-11-23/h2-12,14-16,18H,13,17,19-21H2,1H3. The number of benzene rings is 2. The van der Waals surface area contributed by atoms with Crippen molar-refractivity contribution in [1.82, 2.24) is 19.4 Å². The van der Waals surface area contributed by atoms with Gasteiger partial charge in [0, 0.05) is 61.3 Å². The quantitative estimate of drug-likeness (QED) is 0.334. The molecule has 0 spiro atoms. The molecular formula is C31H28N4O2. The minimum absolute atomic E-state index is 0.0364. The van der Waals surface area contributed by atoms with Crippen LogP contribution >= 0.6 is 0 Å². The molecule has 0 saturated heterocycles. The molecule has 37 heavy (non-hydrogen) atoms. The minimum Gasteiger partial charge on any atom is -0.497 e. The highest BCUT2D eigenvalue weighted by molar-refractivity contribution is 5.81. The van der Waals surface area contributed by atoms with Crippen molar-refractivity contribution in [2.24, 2.45) is 0 Å². The van der Waals surface area contributed by atoms with E-state index in [1.54, 1.807) is 19.5 Å². The molecule has 6 heteroatoms. The van der Waals surface area contributed by atoms with Crippen LogP contribution in [0.15, 0.2) is 96.2 Å². The Morgan fingerprint density at radius 2 is 1.73 bits per heavy atom. The lowest BCUT2D eigenvalue weighted by molar-refractivity contribution is 0.241. The summed E-state index contributed by atoms with van der Waals surface area (Å²) in [7, 11) is 1.66. The van der Waals surface area contributed by atoms with Gasteiger partial charge in [0.1, 0.15) is 5.75 Å². The van der Waals surface area contributed by atoms with Crippen LogP contribution in [0.2, 0.25) is 0 Å². The molecule has 0 saturated carbocycles. The molecule has 1 aliphatic rings. The summed E-state index contributed by atoms with van der Waals surface area (Å²) in [5.74, 6) is 0.808. The summed E-state index contributed by atoms with van der Waals surface area (Å²) in [5.41, 5.74) is 7.33. The van der Waals surface area contributed by atoms with Gasteiger partial charge in [0.25, 0.3) is 5.56 Å². The molecule has 3 aromatic heterocycles. The predicted octanol–water partition coefficient (Wildman–Crippen LogP) is 5.07. The topological polar surface area (TPSA) is 60.3 Å². The van der Waals surface area contributed by atoms with Crippen LogP contribution in [0.5, 0.6) is 5.75 Å². The van der Waals surface area contributed by atoms with Gasteiger partial charge in [-0.3, -0.25) is 19.7 Å². The number of hydrogen-bond acceptors (Lipinski definition) is 5. The maximum absolute atomic E-state index is 13.8. The number of rotatable bonds is 6. The van der Waals surface area contributed by atoms with E-state index in [0.29, 0.717) is 12.1 Å². The minimum atomic E-state index is 0.0364. The first-order valence-corrected chi connectivity index (χ1v) is 12.5. The van der Waals surface area contributed by atoms with Gasteiger partial charge in [-0.05, 0) is 64.7 Å². The fourth-order valence-corrected chi connectivity index (χ4v) is 5.26. The second kappa shape index (κ2) is 9.99. The van der Waals surface area contributed by atoms with Gasteiger partial charge in [-0.25, -0.2) is 0 Å².